The highest BCUT2D eigenvalue weighted by molar-refractivity contribution is 7.93. The third-order valence-electron chi connectivity index (χ3n) is 4.32. The van der Waals surface area contributed by atoms with Crippen molar-refractivity contribution in [3.05, 3.63) is 35.4 Å². The van der Waals surface area contributed by atoms with Crippen molar-refractivity contribution in [2.24, 2.45) is 0 Å². The smallest absolute Gasteiger partial charge is 0.164 e. The van der Waals surface area contributed by atoms with Crippen LogP contribution < -0.4 is 0 Å². The van der Waals surface area contributed by atoms with Crippen LogP contribution >= 0.6 is 0 Å². The molecular formula is C13H14F2O3S. The summed E-state index contributed by atoms with van der Waals surface area (Å²) in [6.45, 7) is 0. The van der Waals surface area contributed by atoms with Crippen molar-refractivity contribution in [1.29, 1.82) is 0 Å². The Morgan fingerprint density at radius 1 is 1.16 bits per heavy atom. The summed E-state index contributed by atoms with van der Waals surface area (Å²) >= 11 is 0. The van der Waals surface area contributed by atoms with Gasteiger partial charge in [-0.05, 0) is 31.7 Å². The molecule has 0 saturated carbocycles. The SMILES string of the molecule is O=S1(=O)C2CCC1CC(O)(c1cccc(F)c1F)C2. The number of aliphatic hydroxyl groups is 1. The maximum atomic E-state index is 13.8. The molecule has 0 aliphatic carbocycles. The first-order chi connectivity index (χ1) is 8.84. The van der Waals surface area contributed by atoms with E-state index in [9.17, 15) is 22.3 Å². The van der Waals surface area contributed by atoms with Gasteiger partial charge in [-0.15, -0.1) is 0 Å². The Morgan fingerprint density at radius 3 is 2.32 bits per heavy atom. The zero-order valence-electron chi connectivity index (χ0n) is 10.1. The highest BCUT2D eigenvalue weighted by Crippen LogP contribution is 2.48. The summed E-state index contributed by atoms with van der Waals surface area (Å²) in [4.78, 5) is 0. The second kappa shape index (κ2) is 3.99. The standard InChI is InChI=1S/C13H14F2O3S/c14-11-3-1-2-10(12(11)15)13(16)6-8-4-5-9(7-13)19(8,17)18/h1-3,8-9,16H,4-7H2. The molecule has 2 aliphatic heterocycles. The Labute approximate surface area is 110 Å². The molecule has 2 heterocycles. The number of halogens is 2. The van der Waals surface area contributed by atoms with Crippen molar-refractivity contribution in [2.75, 3.05) is 0 Å². The monoisotopic (exact) mass is 288 g/mol. The lowest BCUT2D eigenvalue weighted by Crippen LogP contribution is -2.43. The van der Waals surface area contributed by atoms with Crippen LogP contribution in [0.3, 0.4) is 0 Å². The third kappa shape index (κ3) is 1.80. The van der Waals surface area contributed by atoms with Gasteiger partial charge in [0, 0.05) is 5.56 Å². The van der Waals surface area contributed by atoms with Crippen molar-refractivity contribution in [3.63, 3.8) is 0 Å². The topological polar surface area (TPSA) is 54.4 Å². The molecule has 0 aromatic heterocycles. The van der Waals surface area contributed by atoms with Crippen LogP contribution in [0.4, 0.5) is 8.78 Å². The fourth-order valence-electron chi connectivity index (χ4n) is 3.33. The Bertz CT molecular complexity index is 607. The zero-order valence-corrected chi connectivity index (χ0v) is 11.0. The first-order valence-electron chi connectivity index (χ1n) is 6.24. The quantitative estimate of drug-likeness (QED) is 0.858. The molecule has 2 fully saturated rings. The highest BCUT2D eigenvalue weighted by Gasteiger charge is 2.53. The molecule has 2 aliphatic rings. The van der Waals surface area contributed by atoms with Crippen LogP contribution in [0.1, 0.15) is 31.2 Å². The van der Waals surface area contributed by atoms with Gasteiger partial charge in [-0.3, -0.25) is 0 Å². The number of rotatable bonds is 1. The molecule has 6 heteroatoms. The van der Waals surface area contributed by atoms with Gasteiger partial charge in [0.1, 0.15) is 0 Å². The van der Waals surface area contributed by atoms with Gasteiger partial charge in [-0.2, -0.15) is 0 Å². The Morgan fingerprint density at radius 2 is 1.74 bits per heavy atom. The summed E-state index contributed by atoms with van der Waals surface area (Å²) in [5.41, 5.74) is -1.71. The average Bonchev–Trinajstić information content (AvgIpc) is 2.53. The minimum Gasteiger partial charge on any atom is -0.385 e. The summed E-state index contributed by atoms with van der Waals surface area (Å²) in [5, 5.41) is 9.31. The lowest BCUT2D eigenvalue weighted by molar-refractivity contribution is 0.0133. The molecule has 0 spiro atoms. The predicted molar refractivity (Wildman–Crippen MR) is 65.2 cm³/mol. The van der Waals surface area contributed by atoms with E-state index in [1.807, 2.05) is 0 Å². The van der Waals surface area contributed by atoms with Crippen LogP contribution in [0, 0.1) is 11.6 Å². The molecule has 2 bridgehead atoms. The number of sulfone groups is 1. The van der Waals surface area contributed by atoms with Gasteiger partial charge in [0.05, 0.1) is 16.1 Å². The van der Waals surface area contributed by atoms with Gasteiger partial charge in [-0.1, -0.05) is 12.1 Å². The van der Waals surface area contributed by atoms with E-state index in [0.29, 0.717) is 12.8 Å². The van der Waals surface area contributed by atoms with Crippen molar-refractivity contribution in [3.8, 4) is 0 Å². The van der Waals surface area contributed by atoms with E-state index in [2.05, 4.69) is 0 Å². The molecular weight excluding hydrogens is 274 g/mol. The minimum atomic E-state index is -3.21. The summed E-state index contributed by atoms with van der Waals surface area (Å²) in [6.07, 6.45) is 0.886. The first kappa shape index (κ1) is 13.0. The Kier molecular flexibility index (Phi) is 2.73. The summed E-state index contributed by atoms with van der Waals surface area (Å²) in [6, 6.07) is 3.64. The molecule has 1 aromatic carbocycles. The van der Waals surface area contributed by atoms with E-state index in [1.165, 1.54) is 12.1 Å². The Hall–Kier alpha value is -1.01. The van der Waals surface area contributed by atoms with E-state index in [4.69, 9.17) is 0 Å². The van der Waals surface area contributed by atoms with Gasteiger partial charge in [0.25, 0.3) is 0 Å². The van der Waals surface area contributed by atoms with Crippen LogP contribution in [0.25, 0.3) is 0 Å². The molecule has 0 amide bonds. The number of benzene rings is 1. The zero-order chi connectivity index (χ0) is 13.8. The minimum absolute atomic E-state index is 0.0494. The normalized spacial score (nSPS) is 36.4. The van der Waals surface area contributed by atoms with E-state index in [1.54, 1.807) is 0 Å². The molecule has 1 aromatic rings. The second-order valence-corrected chi connectivity index (χ2v) is 7.96. The van der Waals surface area contributed by atoms with Crippen LogP contribution in [0.2, 0.25) is 0 Å². The molecule has 1 N–H and O–H groups in total. The molecule has 104 valence electrons. The van der Waals surface area contributed by atoms with Crippen LogP contribution in [0.15, 0.2) is 18.2 Å². The number of hydrogen-bond acceptors (Lipinski definition) is 3. The van der Waals surface area contributed by atoms with Crippen molar-refractivity contribution >= 4 is 9.84 Å². The molecule has 19 heavy (non-hydrogen) atoms. The first-order valence-corrected chi connectivity index (χ1v) is 7.85. The van der Waals surface area contributed by atoms with Crippen LogP contribution in [-0.4, -0.2) is 24.0 Å². The number of hydrogen-bond donors (Lipinski definition) is 1. The summed E-state index contributed by atoms with van der Waals surface area (Å²) in [5.74, 6) is -2.10. The lowest BCUT2D eigenvalue weighted by atomic mass is 9.85. The summed E-state index contributed by atoms with van der Waals surface area (Å²) in [7, 11) is -3.21. The van der Waals surface area contributed by atoms with Gasteiger partial charge < -0.3 is 5.11 Å². The van der Waals surface area contributed by atoms with Crippen LogP contribution in [0.5, 0.6) is 0 Å². The van der Waals surface area contributed by atoms with Gasteiger partial charge in [-0.25, -0.2) is 17.2 Å². The van der Waals surface area contributed by atoms with E-state index in [-0.39, 0.29) is 18.4 Å². The Balaban J connectivity index is 2.05. The molecule has 3 rings (SSSR count). The van der Waals surface area contributed by atoms with E-state index < -0.39 is 37.6 Å². The van der Waals surface area contributed by atoms with Gasteiger partial charge in [0.15, 0.2) is 21.5 Å². The maximum Gasteiger partial charge on any atom is 0.164 e. The highest BCUT2D eigenvalue weighted by atomic mass is 32.2. The molecule has 0 radical (unpaired) electrons. The number of fused-ring (bicyclic) bond motifs is 2. The van der Waals surface area contributed by atoms with Gasteiger partial charge in [0.2, 0.25) is 0 Å². The van der Waals surface area contributed by atoms with Gasteiger partial charge >= 0.3 is 0 Å². The predicted octanol–water partition coefficient (Wildman–Crippen LogP) is 1.89. The fourth-order valence-corrected chi connectivity index (χ4v) is 5.82. The lowest BCUT2D eigenvalue weighted by Gasteiger charge is -2.36. The maximum absolute atomic E-state index is 13.8. The summed E-state index contributed by atoms with van der Waals surface area (Å²) < 4.78 is 51.0. The molecule has 3 nitrogen and oxygen atoms in total. The average molecular weight is 288 g/mol. The molecule has 2 saturated heterocycles. The van der Waals surface area contributed by atoms with E-state index in [0.717, 1.165) is 6.07 Å². The third-order valence-corrected chi connectivity index (χ3v) is 6.99. The van der Waals surface area contributed by atoms with Crippen molar-refractivity contribution < 1.29 is 22.3 Å². The molecule has 2 atom stereocenters. The van der Waals surface area contributed by atoms with Crippen molar-refractivity contribution in [1.82, 2.24) is 0 Å². The molecule has 2 unspecified atom stereocenters. The fraction of sp³-hybridized carbons (Fsp3) is 0.538. The largest absolute Gasteiger partial charge is 0.385 e. The second-order valence-electron chi connectivity index (χ2n) is 5.45. The van der Waals surface area contributed by atoms with E-state index >= 15 is 0 Å². The van der Waals surface area contributed by atoms with Crippen molar-refractivity contribution in [2.45, 2.75) is 41.8 Å². The van der Waals surface area contributed by atoms with Crippen LogP contribution in [-0.2, 0) is 15.4 Å².